The van der Waals surface area contributed by atoms with E-state index in [1.165, 1.54) is 26.1 Å². The van der Waals surface area contributed by atoms with E-state index in [1.54, 1.807) is 0 Å². The molecule has 1 amide bonds. The number of aromatic nitrogens is 1. The molecule has 0 aliphatic carbocycles. The van der Waals surface area contributed by atoms with Crippen LogP contribution in [0.4, 0.5) is 0 Å². The molecule has 0 aliphatic rings. The third-order valence-corrected chi connectivity index (χ3v) is 5.57. The molecule has 0 saturated heterocycles. The lowest BCUT2D eigenvalue weighted by Gasteiger charge is -2.22. The summed E-state index contributed by atoms with van der Waals surface area (Å²) in [4.78, 5) is 15.6. The van der Waals surface area contributed by atoms with E-state index >= 15 is 0 Å². The minimum absolute atomic E-state index is 0.00902. The van der Waals surface area contributed by atoms with Crippen LogP contribution in [0.25, 0.3) is 0 Å². The van der Waals surface area contributed by atoms with Crippen molar-refractivity contribution in [2.75, 3.05) is 12.8 Å². The molecule has 0 radical (unpaired) electrons. The van der Waals surface area contributed by atoms with E-state index in [4.69, 9.17) is 23.2 Å². The van der Waals surface area contributed by atoms with E-state index < -0.39 is 20.5 Å². The highest BCUT2D eigenvalue weighted by atomic mass is 35.5. The summed E-state index contributed by atoms with van der Waals surface area (Å²) in [5.41, 5.74) is 0.221. The topological polar surface area (TPSA) is 76.1 Å². The average Bonchev–Trinajstić information content (AvgIpc) is 2.28. The third kappa shape index (κ3) is 4.06. The Morgan fingerprint density at radius 1 is 1.42 bits per heavy atom. The lowest BCUT2D eigenvalue weighted by Crippen LogP contribution is -2.43. The molecule has 0 aliphatic heterocycles. The van der Waals surface area contributed by atoms with Gasteiger partial charge in [-0.2, -0.15) is 0 Å². The molecule has 1 N–H and O–H groups in total. The van der Waals surface area contributed by atoms with Crippen LogP contribution in [-0.4, -0.2) is 36.9 Å². The maximum Gasteiger partial charge on any atom is 0.252 e. The molecule has 106 valence electrons. The molecule has 1 aromatic heterocycles. The number of rotatable bonds is 4. The SMILES string of the molecule is CC(C)(CNC(=O)c1cnc(Cl)c(Cl)c1)S(C)(=O)=O. The van der Waals surface area contributed by atoms with Gasteiger partial charge < -0.3 is 5.32 Å². The zero-order chi connectivity index (χ0) is 14.8. The fraction of sp³-hybridized carbons (Fsp3) is 0.455. The molecule has 0 saturated carbocycles. The van der Waals surface area contributed by atoms with Crippen LogP contribution < -0.4 is 5.32 Å². The van der Waals surface area contributed by atoms with E-state index in [2.05, 4.69) is 10.3 Å². The normalized spacial score (nSPS) is 12.3. The van der Waals surface area contributed by atoms with Crippen LogP contribution in [0.1, 0.15) is 24.2 Å². The van der Waals surface area contributed by atoms with Crippen molar-refractivity contribution in [2.45, 2.75) is 18.6 Å². The van der Waals surface area contributed by atoms with Gasteiger partial charge >= 0.3 is 0 Å². The predicted molar refractivity (Wildman–Crippen MR) is 75.5 cm³/mol. The molecule has 1 rings (SSSR count). The fourth-order valence-corrected chi connectivity index (χ4v) is 1.68. The largest absolute Gasteiger partial charge is 0.350 e. The van der Waals surface area contributed by atoms with Crippen molar-refractivity contribution in [1.29, 1.82) is 0 Å². The fourth-order valence-electron chi connectivity index (χ4n) is 1.07. The molecule has 5 nitrogen and oxygen atoms in total. The highest BCUT2D eigenvalue weighted by Crippen LogP contribution is 2.20. The third-order valence-electron chi connectivity index (χ3n) is 2.74. The van der Waals surface area contributed by atoms with Gasteiger partial charge in [0.2, 0.25) is 0 Å². The number of nitrogens with one attached hydrogen (secondary N) is 1. The minimum atomic E-state index is -3.27. The minimum Gasteiger partial charge on any atom is -0.350 e. The molecule has 1 aromatic rings. The van der Waals surface area contributed by atoms with Gasteiger partial charge in [-0.15, -0.1) is 0 Å². The molecule has 19 heavy (non-hydrogen) atoms. The maximum atomic E-state index is 11.8. The molecule has 0 aromatic carbocycles. The monoisotopic (exact) mass is 324 g/mol. The molecule has 0 bridgehead atoms. The zero-order valence-corrected chi connectivity index (χ0v) is 13.0. The number of hydrogen-bond acceptors (Lipinski definition) is 4. The molecular formula is C11H14Cl2N2O3S. The summed E-state index contributed by atoms with van der Waals surface area (Å²) in [6, 6.07) is 1.37. The van der Waals surface area contributed by atoms with Crippen molar-refractivity contribution in [2.24, 2.45) is 0 Å². The summed E-state index contributed by atoms with van der Waals surface area (Å²) < 4.78 is 21.9. The van der Waals surface area contributed by atoms with Gasteiger partial charge in [-0.1, -0.05) is 23.2 Å². The highest BCUT2D eigenvalue weighted by molar-refractivity contribution is 7.92. The summed E-state index contributed by atoms with van der Waals surface area (Å²) in [6.45, 7) is 3.07. The number of pyridine rings is 1. The molecule has 0 fully saturated rings. The second kappa shape index (κ2) is 5.64. The van der Waals surface area contributed by atoms with Gasteiger partial charge in [-0.3, -0.25) is 4.79 Å². The Morgan fingerprint density at radius 2 is 2.00 bits per heavy atom. The van der Waals surface area contributed by atoms with Crippen LogP contribution in [-0.2, 0) is 9.84 Å². The lowest BCUT2D eigenvalue weighted by molar-refractivity contribution is 0.0950. The van der Waals surface area contributed by atoms with Gasteiger partial charge in [-0.25, -0.2) is 13.4 Å². The van der Waals surface area contributed by atoms with E-state index in [0.29, 0.717) is 0 Å². The second-order valence-corrected chi connectivity index (χ2v) is 8.13. The van der Waals surface area contributed by atoms with Crippen molar-refractivity contribution in [3.05, 3.63) is 28.0 Å². The Kier molecular flexibility index (Phi) is 4.81. The Labute approximate surface area is 122 Å². The molecule has 0 atom stereocenters. The highest BCUT2D eigenvalue weighted by Gasteiger charge is 2.30. The quantitative estimate of drug-likeness (QED) is 0.859. The first-order valence-corrected chi connectivity index (χ1v) is 7.98. The van der Waals surface area contributed by atoms with Gasteiger partial charge in [0, 0.05) is 19.0 Å². The predicted octanol–water partition coefficient (Wildman–Crippen LogP) is 1.94. The summed E-state index contributed by atoms with van der Waals surface area (Å²) in [6.07, 6.45) is 2.40. The van der Waals surface area contributed by atoms with Crippen molar-refractivity contribution < 1.29 is 13.2 Å². The second-order valence-electron chi connectivity index (χ2n) is 4.71. The Bertz CT molecular complexity index is 600. The van der Waals surface area contributed by atoms with Gasteiger partial charge in [0.05, 0.1) is 15.3 Å². The molecule has 0 spiro atoms. The van der Waals surface area contributed by atoms with Crippen LogP contribution in [0, 0.1) is 0 Å². The number of nitrogens with zero attached hydrogens (tertiary/aromatic N) is 1. The van der Waals surface area contributed by atoms with Crippen LogP contribution in [0.15, 0.2) is 12.3 Å². The van der Waals surface area contributed by atoms with Crippen molar-refractivity contribution in [3.8, 4) is 0 Å². The molecule has 1 heterocycles. The van der Waals surface area contributed by atoms with Gasteiger partial charge in [0.25, 0.3) is 5.91 Å². The number of carbonyl (C=O) groups excluding carboxylic acids is 1. The first kappa shape index (κ1) is 16.2. The van der Waals surface area contributed by atoms with Crippen LogP contribution >= 0.6 is 23.2 Å². The number of carbonyl (C=O) groups is 1. The van der Waals surface area contributed by atoms with Gasteiger partial charge in [-0.05, 0) is 19.9 Å². The van der Waals surface area contributed by atoms with E-state index in [9.17, 15) is 13.2 Å². The number of amides is 1. The number of sulfone groups is 1. The van der Waals surface area contributed by atoms with Crippen molar-refractivity contribution in [3.63, 3.8) is 0 Å². The van der Waals surface area contributed by atoms with E-state index in [0.717, 1.165) is 6.26 Å². The van der Waals surface area contributed by atoms with Crippen molar-refractivity contribution in [1.82, 2.24) is 10.3 Å². The summed E-state index contributed by atoms with van der Waals surface area (Å²) >= 11 is 11.4. The summed E-state index contributed by atoms with van der Waals surface area (Å²) in [5.74, 6) is -0.456. The van der Waals surface area contributed by atoms with E-state index in [-0.39, 0.29) is 22.3 Å². The lowest BCUT2D eigenvalue weighted by atomic mass is 10.2. The average molecular weight is 325 g/mol. The summed E-state index contributed by atoms with van der Waals surface area (Å²) in [7, 11) is -3.27. The van der Waals surface area contributed by atoms with E-state index in [1.807, 2.05) is 0 Å². The smallest absolute Gasteiger partial charge is 0.252 e. The number of hydrogen-bond donors (Lipinski definition) is 1. The Hall–Kier alpha value is -0.850. The Morgan fingerprint density at radius 3 is 2.47 bits per heavy atom. The van der Waals surface area contributed by atoms with Crippen molar-refractivity contribution >= 4 is 38.9 Å². The Balaban J connectivity index is 2.79. The van der Waals surface area contributed by atoms with Crippen LogP contribution in [0.5, 0.6) is 0 Å². The zero-order valence-electron chi connectivity index (χ0n) is 10.7. The van der Waals surface area contributed by atoms with Crippen LogP contribution in [0.3, 0.4) is 0 Å². The van der Waals surface area contributed by atoms with Gasteiger partial charge in [0.15, 0.2) is 9.84 Å². The standard InChI is InChI=1S/C11H14Cl2N2O3S/c1-11(2,19(3,17)18)6-15-10(16)7-4-8(12)9(13)14-5-7/h4-5H,6H2,1-3H3,(H,15,16). The molecular weight excluding hydrogens is 311 g/mol. The first-order valence-electron chi connectivity index (χ1n) is 5.33. The maximum absolute atomic E-state index is 11.8. The molecule has 0 unspecified atom stereocenters. The summed E-state index contributed by atoms with van der Waals surface area (Å²) in [5, 5.41) is 2.80. The first-order chi connectivity index (χ1) is 8.54. The van der Waals surface area contributed by atoms with Crippen LogP contribution in [0.2, 0.25) is 10.2 Å². The molecule has 8 heteroatoms. The number of halogens is 2. The van der Waals surface area contributed by atoms with Gasteiger partial charge in [0.1, 0.15) is 5.15 Å².